The lowest BCUT2D eigenvalue weighted by Gasteiger charge is -2.10. The number of rotatable bonds is 3. The molecule has 1 rings (SSSR count). The van der Waals surface area contributed by atoms with Crippen LogP contribution in [0.5, 0.6) is 5.88 Å². The number of ether oxygens (including phenoxy) is 1. The number of aliphatic hydroxyl groups excluding tert-OH is 1. The van der Waals surface area contributed by atoms with E-state index >= 15 is 0 Å². The van der Waals surface area contributed by atoms with Crippen LogP contribution in [-0.4, -0.2) is 21.2 Å². The van der Waals surface area contributed by atoms with Crippen molar-refractivity contribution in [1.82, 2.24) is 9.97 Å². The largest absolute Gasteiger partial charge is 0.475 e. The van der Waals surface area contributed by atoms with Gasteiger partial charge in [0.2, 0.25) is 5.88 Å². The van der Waals surface area contributed by atoms with Gasteiger partial charge in [-0.3, -0.25) is 0 Å². The maximum atomic E-state index is 8.87. The smallest absolute Gasteiger partial charge is 0.222 e. The Balaban J connectivity index is 2.82. The van der Waals surface area contributed by atoms with Crippen molar-refractivity contribution in [1.29, 1.82) is 0 Å². The van der Waals surface area contributed by atoms with Crippen molar-refractivity contribution in [2.75, 3.05) is 0 Å². The number of nitrogens with zero attached hydrogens (tertiary/aromatic N) is 2. The summed E-state index contributed by atoms with van der Waals surface area (Å²) in [5, 5.41) is 8.87. The van der Waals surface area contributed by atoms with Gasteiger partial charge in [-0.2, -0.15) is 0 Å². The highest BCUT2D eigenvalue weighted by Gasteiger charge is 2.04. The molecule has 0 aliphatic heterocycles. The Morgan fingerprint density at radius 3 is 2.92 bits per heavy atom. The van der Waals surface area contributed by atoms with Crippen LogP contribution >= 0.6 is 0 Å². The molecule has 1 aromatic heterocycles. The maximum Gasteiger partial charge on any atom is 0.222 e. The molecule has 0 fully saturated rings. The van der Waals surface area contributed by atoms with Crippen LogP contribution in [0.3, 0.4) is 0 Å². The molecule has 0 aliphatic carbocycles. The molecule has 0 amide bonds. The van der Waals surface area contributed by atoms with Crippen LogP contribution in [0.1, 0.15) is 19.4 Å². The molecule has 0 aliphatic rings. The molecule has 0 unspecified atom stereocenters. The van der Waals surface area contributed by atoms with E-state index in [4.69, 9.17) is 9.84 Å². The second-order valence-electron chi connectivity index (χ2n) is 2.68. The summed E-state index contributed by atoms with van der Waals surface area (Å²) in [7, 11) is 0. The summed E-state index contributed by atoms with van der Waals surface area (Å²) in [6, 6.07) is 0. The fourth-order valence-electron chi connectivity index (χ4n) is 0.785. The second-order valence-corrected chi connectivity index (χ2v) is 2.68. The lowest BCUT2D eigenvalue weighted by molar-refractivity contribution is 0.216. The first-order valence-electron chi connectivity index (χ1n) is 3.80. The lowest BCUT2D eigenvalue weighted by atomic mass is 10.3. The number of hydrogen-bond acceptors (Lipinski definition) is 4. The maximum absolute atomic E-state index is 8.87. The molecule has 1 N–H and O–H groups in total. The molecule has 1 aromatic rings. The molecule has 0 spiro atoms. The van der Waals surface area contributed by atoms with Gasteiger partial charge in [0.25, 0.3) is 0 Å². The van der Waals surface area contributed by atoms with E-state index in [9.17, 15) is 0 Å². The molecule has 4 nitrogen and oxygen atoms in total. The highest BCUT2D eigenvalue weighted by atomic mass is 16.5. The standard InChI is InChI=1S/C8H12N2O2/c1-6(2)12-8-7(4-11)3-9-5-10-8/h3,5-6,11H,4H2,1-2H3. The number of hydrogen-bond donors (Lipinski definition) is 1. The van der Waals surface area contributed by atoms with E-state index in [2.05, 4.69) is 9.97 Å². The van der Waals surface area contributed by atoms with Gasteiger partial charge in [-0.05, 0) is 13.8 Å². The Morgan fingerprint density at radius 1 is 1.58 bits per heavy atom. The molecule has 12 heavy (non-hydrogen) atoms. The van der Waals surface area contributed by atoms with Crippen molar-refractivity contribution in [3.8, 4) is 5.88 Å². The average molecular weight is 168 g/mol. The molecule has 66 valence electrons. The first-order valence-corrected chi connectivity index (χ1v) is 3.80. The first kappa shape index (κ1) is 8.93. The Hall–Kier alpha value is -1.16. The normalized spacial score (nSPS) is 10.3. The van der Waals surface area contributed by atoms with E-state index in [0.717, 1.165) is 0 Å². The predicted molar refractivity (Wildman–Crippen MR) is 43.7 cm³/mol. The van der Waals surface area contributed by atoms with Gasteiger partial charge in [-0.15, -0.1) is 0 Å². The summed E-state index contributed by atoms with van der Waals surface area (Å²) in [5.74, 6) is 0.461. The van der Waals surface area contributed by atoms with Crippen LogP contribution in [0.2, 0.25) is 0 Å². The van der Waals surface area contributed by atoms with Crippen LogP contribution in [0.4, 0.5) is 0 Å². The molecular weight excluding hydrogens is 156 g/mol. The second kappa shape index (κ2) is 4.01. The van der Waals surface area contributed by atoms with Gasteiger partial charge in [0.1, 0.15) is 6.33 Å². The Bertz CT molecular complexity index is 251. The molecule has 4 heteroatoms. The monoisotopic (exact) mass is 168 g/mol. The van der Waals surface area contributed by atoms with Gasteiger partial charge in [-0.25, -0.2) is 9.97 Å². The fraction of sp³-hybridized carbons (Fsp3) is 0.500. The van der Waals surface area contributed by atoms with E-state index in [1.54, 1.807) is 6.20 Å². The van der Waals surface area contributed by atoms with Gasteiger partial charge >= 0.3 is 0 Å². The molecule has 1 heterocycles. The zero-order chi connectivity index (χ0) is 8.97. The van der Waals surface area contributed by atoms with Gasteiger partial charge < -0.3 is 9.84 Å². The number of aliphatic hydroxyl groups is 1. The minimum atomic E-state index is -0.0944. The lowest BCUT2D eigenvalue weighted by Crippen LogP contribution is -2.09. The van der Waals surface area contributed by atoms with Gasteiger partial charge in [0, 0.05) is 6.20 Å². The zero-order valence-electron chi connectivity index (χ0n) is 7.19. The summed E-state index contributed by atoms with van der Waals surface area (Å²) in [5.41, 5.74) is 0.617. The molecule has 0 aromatic carbocycles. The van der Waals surface area contributed by atoms with E-state index in [0.29, 0.717) is 11.4 Å². The minimum Gasteiger partial charge on any atom is -0.475 e. The van der Waals surface area contributed by atoms with Crippen molar-refractivity contribution in [2.24, 2.45) is 0 Å². The molecule has 0 bridgehead atoms. The minimum absolute atomic E-state index is 0.0604. The van der Waals surface area contributed by atoms with Crippen molar-refractivity contribution in [3.05, 3.63) is 18.1 Å². The highest BCUT2D eigenvalue weighted by molar-refractivity contribution is 5.20. The first-order chi connectivity index (χ1) is 5.74. The third-order valence-corrected chi connectivity index (χ3v) is 1.26. The van der Waals surface area contributed by atoms with Gasteiger partial charge in [0.15, 0.2) is 0 Å². The fourth-order valence-corrected chi connectivity index (χ4v) is 0.785. The Morgan fingerprint density at radius 2 is 2.33 bits per heavy atom. The molecule has 0 atom stereocenters. The topological polar surface area (TPSA) is 55.2 Å². The van der Waals surface area contributed by atoms with Crippen LogP contribution in [0, 0.1) is 0 Å². The van der Waals surface area contributed by atoms with E-state index in [1.165, 1.54) is 6.33 Å². The predicted octanol–water partition coefficient (Wildman–Crippen LogP) is 0.756. The van der Waals surface area contributed by atoms with Crippen molar-refractivity contribution in [2.45, 2.75) is 26.6 Å². The molecule has 0 radical (unpaired) electrons. The van der Waals surface area contributed by atoms with Gasteiger partial charge in [-0.1, -0.05) is 0 Å². The molecule has 0 saturated carbocycles. The summed E-state index contributed by atoms with van der Waals surface area (Å²) in [4.78, 5) is 7.67. The summed E-state index contributed by atoms with van der Waals surface area (Å²) in [6.45, 7) is 3.72. The van der Waals surface area contributed by atoms with Gasteiger partial charge in [0.05, 0.1) is 18.3 Å². The van der Waals surface area contributed by atoms with Crippen LogP contribution in [0.25, 0.3) is 0 Å². The third kappa shape index (κ3) is 2.17. The van der Waals surface area contributed by atoms with Crippen molar-refractivity contribution >= 4 is 0 Å². The van der Waals surface area contributed by atoms with Crippen LogP contribution in [0.15, 0.2) is 12.5 Å². The quantitative estimate of drug-likeness (QED) is 0.723. The molecular formula is C8H12N2O2. The Labute approximate surface area is 71.2 Å². The van der Waals surface area contributed by atoms with Crippen molar-refractivity contribution < 1.29 is 9.84 Å². The van der Waals surface area contributed by atoms with Crippen LogP contribution < -0.4 is 4.74 Å². The average Bonchev–Trinajstić information content (AvgIpc) is 2.04. The summed E-state index contributed by atoms with van der Waals surface area (Å²) >= 11 is 0. The molecule has 0 saturated heterocycles. The SMILES string of the molecule is CC(C)Oc1ncncc1CO. The van der Waals surface area contributed by atoms with Crippen LogP contribution in [-0.2, 0) is 6.61 Å². The number of aromatic nitrogens is 2. The highest BCUT2D eigenvalue weighted by Crippen LogP contribution is 2.13. The zero-order valence-corrected chi connectivity index (χ0v) is 7.19. The van der Waals surface area contributed by atoms with E-state index in [-0.39, 0.29) is 12.7 Å². The van der Waals surface area contributed by atoms with Crippen molar-refractivity contribution in [3.63, 3.8) is 0 Å². The van der Waals surface area contributed by atoms with E-state index < -0.39 is 0 Å². The van der Waals surface area contributed by atoms with E-state index in [1.807, 2.05) is 13.8 Å². The third-order valence-electron chi connectivity index (χ3n) is 1.26. The summed E-state index contributed by atoms with van der Waals surface area (Å²) in [6.07, 6.45) is 3.01. The summed E-state index contributed by atoms with van der Waals surface area (Å²) < 4.78 is 5.33. The Kier molecular flexibility index (Phi) is 2.99.